The summed E-state index contributed by atoms with van der Waals surface area (Å²) >= 11 is 5.91. The van der Waals surface area contributed by atoms with Crippen LogP contribution in [0.15, 0.2) is 72.8 Å². The summed E-state index contributed by atoms with van der Waals surface area (Å²) in [5.41, 5.74) is 8.79. The summed E-state index contributed by atoms with van der Waals surface area (Å²) in [6.07, 6.45) is 1.12. The molecule has 0 aromatic heterocycles. The lowest BCUT2D eigenvalue weighted by atomic mass is 10.1. The minimum Gasteiger partial charge on any atom is -0.480 e. The number of aliphatic carboxylic acids is 1. The van der Waals surface area contributed by atoms with Gasteiger partial charge in [-0.2, -0.15) is 0 Å². The average molecular weight is 382 g/mol. The number of halogens is 1. The van der Waals surface area contributed by atoms with Crippen molar-refractivity contribution in [2.24, 2.45) is 5.73 Å². The van der Waals surface area contributed by atoms with Crippen LogP contribution in [-0.2, 0) is 17.6 Å². The maximum atomic E-state index is 10.8. The molecule has 3 N–H and O–H groups in total. The molecule has 27 heavy (non-hydrogen) atoms. The van der Waals surface area contributed by atoms with Gasteiger partial charge in [0.15, 0.2) is 0 Å². The molecule has 0 amide bonds. The normalized spacial score (nSPS) is 11.8. The molecular formula is C22H20ClNO3. The van der Waals surface area contributed by atoms with E-state index in [4.69, 9.17) is 27.2 Å². The van der Waals surface area contributed by atoms with E-state index in [1.165, 1.54) is 11.1 Å². The molecular weight excluding hydrogens is 362 g/mol. The highest BCUT2D eigenvalue weighted by molar-refractivity contribution is 6.30. The highest BCUT2D eigenvalue weighted by Gasteiger charge is 2.11. The Bertz CT molecular complexity index is 890. The topological polar surface area (TPSA) is 72.5 Å². The van der Waals surface area contributed by atoms with Crippen LogP contribution >= 0.6 is 11.6 Å². The van der Waals surface area contributed by atoms with Crippen molar-refractivity contribution in [3.63, 3.8) is 0 Å². The average Bonchev–Trinajstić information content (AvgIpc) is 2.66. The number of hydrogen-bond donors (Lipinski definition) is 2. The Balaban J connectivity index is 1.59. The molecule has 0 fully saturated rings. The van der Waals surface area contributed by atoms with Crippen LogP contribution in [0.25, 0.3) is 0 Å². The number of carbonyl (C=O) groups is 1. The number of nitrogens with two attached hydrogens (primary N) is 1. The molecule has 0 aliphatic carbocycles. The summed E-state index contributed by atoms with van der Waals surface area (Å²) < 4.78 is 5.84. The van der Waals surface area contributed by atoms with Gasteiger partial charge in [0.2, 0.25) is 0 Å². The van der Waals surface area contributed by atoms with Crippen molar-refractivity contribution in [3.8, 4) is 11.5 Å². The molecule has 3 aromatic carbocycles. The van der Waals surface area contributed by atoms with Crippen LogP contribution in [0, 0.1) is 0 Å². The largest absolute Gasteiger partial charge is 0.480 e. The van der Waals surface area contributed by atoms with Crippen molar-refractivity contribution in [1.82, 2.24) is 0 Å². The first kappa shape index (κ1) is 19.0. The summed E-state index contributed by atoms with van der Waals surface area (Å²) in [5, 5.41) is 9.60. The van der Waals surface area contributed by atoms with Crippen LogP contribution in [0.2, 0.25) is 5.02 Å². The molecule has 0 unspecified atom stereocenters. The minimum atomic E-state index is -1.01. The molecule has 0 saturated carbocycles. The molecule has 4 nitrogen and oxygen atoms in total. The molecule has 138 valence electrons. The van der Waals surface area contributed by atoms with Crippen molar-refractivity contribution in [3.05, 3.63) is 94.5 Å². The Kier molecular flexibility index (Phi) is 6.12. The molecule has 0 aliphatic heterocycles. The monoisotopic (exact) mass is 381 g/mol. The Morgan fingerprint density at radius 1 is 0.852 bits per heavy atom. The third-order valence-corrected chi connectivity index (χ3v) is 4.43. The van der Waals surface area contributed by atoms with Gasteiger partial charge >= 0.3 is 5.97 Å². The molecule has 0 heterocycles. The van der Waals surface area contributed by atoms with Crippen LogP contribution < -0.4 is 10.5 Å². The van der Waals surface area contributed by atoms with E-state index < -0.39 is 12.0 Å². The first-order valence-electron chi connectivity index (χ1n) is 8.58. The fraction of sp³-hybridized carbons (Fsp3) is 0.136. The van der Waals surface area contributed by atoms with Gasteiger partial charge in [-0.25, -0.2) is 0 Å². The Morgan fingerprint density at radius 3 is 1.78 bits per heavy atom. The summed E-state index contributed by atoms with van der Waals surface area (Å²) in [7, 11) is 0. The van der Waals surface area contributed by atoms with E-state index >= 15 is 0 Å². The van der Waals surface area contributed by atoms with Crippen LogP contribution in [0.4, 0.5) is 0 Å². The Labute approximate surface area is 163 Å². The quantitative estimate of drug-likeness (QED) is 0.623. The second kappa shape index (κ2) is 8.71. The van der Waals surface area contributed by atoms with Crippen molar-refractivity contribution >= 4 is 17.6 Å². The smallest absolute Gasteiger partial charge is 0.320 e. The van der Waals surface area contributed by atoms with Crippen LogP contribution in [-0.4, -0.2) is 17.1 Å². The lowest BCUT2D eigenvalue weighted by Gasteiger charge is -2.09. The van der Waals surface area contributed by atoms with E-state index in [9.17, 15) is 4.79 Å². The maximum Gasteiger partial charge on any atom is 0.320 e. The van der Waals surface area contributed by atoms with Crippen molar-refractivity contribution in [2.45, 2.75) is 18.9 Å². The lowest BCUT2D eigenvalue weighted by Crippen LogP contribution is -2.32. The highest BCUT2D eigenvalue weighted by atomic mass is 35.5. The molecule has 5 heteroatoms. The van der Waals surface area contributed by atoms with Gasteiger partial charge in [-0.15, -0.1) is 0 Å². The zero-order valence-electron chi connectivity index (χ0n) is 14.6. The number of ether oxygens (including phenoxy) is 1. The number of hydrogen-bond acceptors (Lipinski definition) is 3. The van der Waals surface area contributed by atoms with Gasteiger partial charge in [0.25, 0.3) is 0 Å². The predicted molar refractivity (Wildman–Crippen MR) is 107 cm³/mol. The summed E-state index contributed by atoms with van der Waals surface area (Å²) in [6, 6.07) is 22.1. The van der Waals surface area contributed by atoms with Gasteiger partial charge in [0.05, 0.1) is 0 Å². The molecule has 0 saturated heterocycles. The summed E-state index contributed by atoms with van der Waals surface area (Å²) in [4.78, 5) is 10.8. The van der Waals surface area contributed by atoms with E-state index in [1.807, 2.05) is 72.8 Å². The maximum absolute atomic E-state index is 10.8. The van der Waals surface area contributed by atoms with Gasteiger partial charge < -0.3 is 15.6 Å². The molecule has 3 aromatic rings. The molecule has 0 radical (unpaired) electrons. The van der Waals surface area contributed by atoms with E-state index in [2.05, 4.69) is 0 Å². The van der Waals surface area contributed by atoms with Gasteiger partial charge in [-0.3, -0.25) is 4.79 Å². The van der Waals surface area contributed by atoms with Crippen LogP contribution in [0.5, 0.6) is 11.5 Å². The number of rotatable bonds is 7. The second-order valence-electron chi connectivity index (χ2n) is 6.34. The van der Waals surface area contributed by atoms with Gasteiger partial charge in [0, 0.05) is 5.02 Å². The third-order valence-electron chi connectivity index (χ3n) is 4.18. The van der Waals surface area contributed by atoms with Crippen LogP contribution in [0.3, 0.4) is 0 Å². The lowest BCUT2D eigenvalue weighted by molar-refractivity contribution is -0.138. The Morgan fingerprint density at radius 2 is 1.30 bits per heavy atom. The highest BCUT2D eigenvalue weighted by Crippen LogP contribution is 2.23. The molecule has 3 rings (SSSR count). The second-order valence-corrected chi connectivity index (χ2v) is 6.78. The molecule has 0 aliphatic rings. The fourth-order valence-corrected chi connectivity index (χ4v) is 2.81. The standard InChI is InChI=1S/C22H20ClNO3/c23-18-7-1-15(2-8-18)13-16-3-9-19(10-4-16)27-20-11-5-17(6-12-20)14-21(24)22(25)26/h1-12,21H,13-14,24H2,(H,25,26)/t21-/m0/s1. The summed E-state index contributed by atoms with van der Waals surface area (Å²) in [6.45, 7) is 0. The number of carboxylic acids is 1. The number of benzene rings is 3. The molecule has 0 spiro atoms. The molecule has 1 atom stereocenters. The first-order valence-corrected chi connectivity index (χ1v) is 8.96. The number of carboxylic acid groups (broad SMARTS) is 1. The van der Waals surface area contributed by atoms with Gasteiger partial charge in [-0.1, -0.05) is 48.0 Å². The van der Waals surface area contributed by atoms with Crippen molar-refractivity contribution in [1.29, 1.82) is 0 Å². The van der Waals surface area contributed by atoms with Gasteiger partial charge in [0.1, 0.15) is 17.5 Å². The van der Waals surface area contributed by atoms with E-state index in [0.29, 0.717) is 5.75 Å². The summed E-state index contributed by atoms with van der Waals surface area (Å²) in [5.74, 6) is 0.423. The zero-order valence-corrected chi connectivity index (χ0v) is 15.4. The van der Waals surface area contributed by atoms with Crippen LogP contribution in [0.1, 0.15) is 16.7 Å². The van der Waals surface area contributed by atoms with E-state index in [0.717, 1.165) is 22.8 Å². The van der Waals surface area contributed by atoms with E-state index in [-0.39, 0.29) is 6.42 Å². The minimum absolute atomic E-state index is 0.287. The Hall–Kier alpha value is -2.82. The molecule has 0 bridgehead atoms. The zero-order chi connectivity index (χ0) is 19.2. The van der Waals surface area contributed by atoms with Crippen molar-refractivity contribution in [2.75, 3.05) is 0 Å². The predicted octanol–water partition coefficient (Wildman–Crippen LogP) is 4.68. The first-order chi connectivity index (χ1) is 13.0. The van der Waals surface area contributed by atoms with Gasteiger partial charge in [-0.05, 0) is 65.9 Å². The van der Waals surface area contributed by atoms with E-state index in [1.54, 1.807) is 0 Å². The third kappa shape index (κ3) is 5.58. The van der Waals surface area contributed by atoms with Crippen molar-refractivity contribution < 1.29 is 14.6 Å². The SMILES string of the molecule is N[C@@H](Cc1ccc(Oc2ccc(Cc3ccc(Cl)cc3)cc2)cc1)C(=O)O. The fourth-order valence-electron chi connectivity index (χ4n) is 2.68.